The minimum atomic E-state index is -1.47. The van der Waals surface area contributed by atoms with E-state index in [-0.39, 0.29) is 0 Å². The highest BCUT2D eigenvalue weighted by molar-refractivity contribution is 9.10. The van der Waals surface area contributed by atoms with Crippen molar-refractivity contribution >= 4 is 39.0 Å². The Labute approximate surface area is 86.5 Å². The number of hydrogen-bond donors (Lipinski definition) is 2. The first-order valence-electron chi connectivity index (χ1n) is 3.29. The molecule has 0 bridgehead atoms. The van der Waals surface area contributed by atoms with Crippen LogP contribution in [-0.4, -0.2) is 22.9 Å². The van der Waals surface area contributed by atoms with Gasteiger partial charge in [0, 0.05) is 9.85 Å². The highest BCUT2D eigenvalue weighted by Crippen LogP contribution is 2.20. The molecule has 1 aromatic heterocycles. The predicted molar refractivity (Wildman–Crippen MR) is 52.0 cm³/mol. The summed E-state index contributed by atoms with van der Waals surface area (Å²) in [5, 5.41) is 10.2. The number of hydrogen-bond acceptors (Lipinski definition) is 4. The van der Waals surface area contributed by atoms with Gasteiger partial charge >= 0.3 is 5.97 Å². The highest BCUT2D eigenvalue weighted by atomic mass is 79.9. The monoisotopic (exact) mass is 263 g/mol. The molecule has 6 heteroatoms. The fraction of sp³-hybridized carbons (Fsp3) is 0.143. The number of carboxylic acids is 1. The maximum Gasteiger partial charge on any atom is 0.328 e. The molecule has 1 atom stereocenters. The van der Waals surface area contributed by atoms with Crippen LogP contribution in [0.3, 0.4) is 0 Å². The number of thiophene rings is 1. The Morgan fingerprint density at radius 1 is 1.62 bits per heavy atom. The predicted octanol–water partition coefficient (Wildman–Crippen LogP) is 1.11. The van der Waals surface area contributed by atoms with Crippen molar-refractivity contribution < 1.29 is 14.7 Å². The van der Waals surface area contributed by atoms with Crippen LogP contribution in [-0.2, 0) is 4.79 Å². The molecule has 0 amide bonds. The Kier molecular flexibility index (Phi) is 3.18. The van der Waals surface area contributed by atoms with Gasteiger partial charge in [0.25, 0.3) is 0 Å². The summed E-state index contributed by atoms with van der Waals surface area (Å²) in [7, 11) is 0. The second-order valence-corrected chi connectivity index (χ2v) is 4.14. The molecule has 0 aliphatic rings. The SMILES string of the molecule is NC(C(=O)O)C(=O)c1cc(Br)cs1. The number of halogens is 1. The van der Waals surface area contributed by atoms with Gasteiger partial charge < -0.3 is 10.8 Å². The largest absolute Gasteiger partial charge is 0.480 e. The van der Waals surface area contributed by atoms with Gasteiger partial charge in [-0.15, -0.1) is 11.3 Å². The van der Waals surface area contributed by atoms with Crippen molar-refractivity contribution in [2.45, 2.75) is 6.04 Å². The number of Topliss-reactive ketones (excluding diaryl/α,β-unsaturated/α-hetero) is 1. The molecular formula is C7H6BrNO3S. The summed E-state index contributed by atoms with van der Waals surface area (Å²) in [4.78, 5) is 22.0. The van der Waals surface area contributed by atoms with Crippen LogP contribution in [0.15, 0.2) is 15.9 Å². The molecule has 0 spiro atoms. The smallest absolute Gasteiger partial charge is 0.328 e. The van der Waals surface area contributed by atoms with E-state index in [4.69, 9.17) is 10.8 Å². The van der Waals surface area contributed by atoms with E-state index >= 15 is 0 Å². The summed E-state index contributed by atoms with van der Waals surface area (Å²) in [6.07, 6.45) is 0. The molecule has 0 radical (unpaired) electrons. The van der Waals surface area contributed by atoms with Crippen molar-refractivity contribution in [3.05, 3.63) is 20.8 Å². The topological polar surface area (TPSA) is 80.4 Å². The molecule has 1 aromatic rings. The molecule has 1 heterocycles. The zero-order chi connectivity index (χ0) is 10.0. The number of nitrogens with two attached hydrogens (primary N) is 1. The van der Waals surface area contributed by atoms with Gasteiger partial charge in [-0.3, -0.25) is 9.59 Å². The van der Waals surface area contributed by atoms with Gasteiger partial charge in [0.05, 0.1) is 4.88 Å². The average molecular weight is 264 g/mol. The normalized spacial score (nSPS) is 12.5. The van der Waals surface area contributed by atoms with E-state index in [1.807, 2.05) is 0 Å². The van der Waals surface area contributed by atoms with Crippen molar-refractivity contribution in [2.75, 3.05) is 0 Å². The van der Waals surface area contributed by atoms with Gasteiger partial charge in [-0.25, -0.2) is 0 Å². The van der Waals surface area contributed by atoms with Crippen molar-refractivity contribution in [1.29, 1.82) is 0 Å². The Balaban J connectivity index is 2.85. The number of carbonyl (C=O) groups excluding carboxylic acids is 1. The second kappa shape index (κ2) is 3.99. The van der Waals surface area contributed by atoms with Crippen molar-refractivity contribution in [3.63, 3.8) is 0 Å². The van der Waals surface area contributed by atoms with E-state index < -0.39 is 17.8 Å². The third-order valence-corrected chi connectivity index (χ3v) is 3.06. The minimum absolute atomic E-state index is 0.349. The van der Waals surface area contributed by atoms with Gasteiger partial charge in [-0.2, -0.15) is 0 Å². The first kappa shape index (κ1) is 10.4. The number of carbonyl (C=O) groups is 2. The standard InChI is InChI=1S/C7H6BrNO3S/c8-3-1-4(13-2-3)6(10)5(9)7(11)12/h1-2,5H,9H2,(H,11,12). The van der Waals surface area contributed by atoms with E-state index in [1.165, 1.54) is 0 Å². The molecule has 4 nitrogen and oxygen atoms in total. The van der Waals surface area contributed by atoms with Crippen LogP contribution in [0.2, 0.25) is 0 Å². The third kappa shape index (κ3) is 2.36. The molecule has 1 rings (SSSR count). The van der Waals surface area contributed by atoms with Crippen LogP contribution < -0.4 is 5.73 Å². The summed E-state index contributed by atoms with van der Waals surface area (Å²) in [5.41, 5.74) is 5.14. The Morgan fingerprint density at radius 3 is 2.62 bits per heavy atom. The Morgan fingerprint density at radius 2 is 2.23 bits per heavy atom. The first-order valence-corrected chi connectivity index (χ1v) is 4.96. The highest BCUT2D eigenvalue weighted by Gasteiger charge is 2.23. The molecule has 13 heavy (non-hydrogen) atoms. The van der Waals surface area contributed by atoms with Crippen LogP contribution in [0, 0.1) is 0 Å². The van der Waals surface area contributed by atoms with Crippen LogP contribution >= 0.6 is 27.3 Å². The van der Waals surface area contributed by atoms with E-state index in [9.17, 15) is 9.59 Å². The fourth-order valence-corrected chi connectivity index (χ4v) is 2.11. The van der Waals surface area contributed by atoms with Gasteiger partial charge in [-0.1, -0.05) is 0 Å². The molecule has 3 N–H and O–H groups in total. The lowest BCUT2D eigenvalue weighted by Gasteiger charge is -2.01. The van der Waals surface area contributed by atoms with Crippen molar-refractivity contribution in [2.24, 2.45) is 5.73 Å². The van der Waals surface area contributed by atoms with Crippen LogP contribution in [0.4, 0.5) is 0 Å². The van der Waals surface area contributed by atoms with E-state index in [2.05, 4.69) is 15.9 Å². The zero-order valence-corrected chi connectivity index (χ0v) is 8.76. The summed E-state index contributed by atoms with van der Waals surface area (Å²) in [6, 6.07) is 0.0843. The Hall–Kier alpha value is -0.720. The quantitative estimate of drug-likeness (QED) is 0.633. The van der Waals surface area contributed by atoms with Gasteiger partial charge in [0.2, 0.25) is 5.78 Å². The number of ketones is 1. The first-order chi connectivity index (χ1) is 6.02. The summed E-state index contributed by atoms with van der Waals surface area (Å²) in [6.45, 7) is 0. The summed E-state index contributed by atoms with van der Waals surface area (Å²) < 4.78 is 0.749. The lowest BCUT2D eigenvalue weighted by molar-refractivity contribution is -0.137. The van der Waals surface area contributed by atoms with Crippen LogP contribution in [0.1, 0.15) is 9.67 Å². The average Bonchev–Trinajstić information content (AvgIpc) is 2.49. The van der Waals surface area contributed by atoms with Crippen LogP contribution in [0.25, 0.3) is 0 Å². The molecule has 0 aliphatic carbocycles. The molecule has 0 aliphatic heterocycles. The van der Waals surface area contributed by atoms with E-state index in [1.54, 1.807) is 11.4 Å². The van der Waals surface area contributed by atoms with Gasteiger partial charge in [-0.05, 0) is 22.0 Å². The van der Waals surface area contributed by atoms with Gasteiger partial charge in [0.15, 0.2) is 6.04 Å². The lowest BCUT2D eigenvalue weighted by Crippen LogP contribution is -2.38. The number of rotatable bonds is 3. The minimum Gasteiger partial charge on any atom is -0.480 e. The maximum atomic E-state index is 11.3. The van der Waals surface area contributed by atoms with Crippen molar-refractivity contribution in [3.8, 4) is 0 Å². The molecule has 0 fully saturated rings. The lowest BCUT2D eigenvalue weighted by atomic mass is 10.2. The van der Waals surface area contributed by atoms with E-state index in [0.29, 0.717) is 4.88 Å². The zero-order valence-electron chi connectivity index (χ0n) is 6.36. The summed E-state index contributed by atoms with van der Waals surface area (Å²) in [5.74, 6) is -1.88. The van der Waals surface area contributed by atoms with Crippen molar-refractivity contribution in [1.82, 2.24) is 0 Å². The maximum absolute atomic E-state index is 11.3. The number of carboxylic acid groups (broad SMARTS) is 1. The number of aliphatic carboxylic acids is 1. The van der Waals surface area contributed by atoms with Gasteiger partial charge in [0.1, 0.15) is 0 Å². The fourth-order valence-electron chi connectivity index (χ4n) is 0.708. The molecule has 1 unspecified atom stereocenters. The molecule has 0 aromatic carbocycles. The molecule has 0 saturated heterocycles. The third-order valence-electron chi connectivity index (χ3n) is 1.36. The second-order valence-electron chi connectivity index (χ2n) is 2.31. The Bertz CT molecular complexity index is 349. The molecule has 70 valence electrons. The van der Waals surface area contributed by atoms with Crippen LogP contribution in [0.5, 0.6) is 0 Å². The molecule has 0 saturated carbocycles. The summed E-state index contributed by atoms with van der Waals surface area (Å²) >= 11 is 4.32. The molecular weight excluding hydrogens is 258 g/mol. The van der Waals surface area contributed by atoms with E-state index in [0.717, 1.165) is 15.8 Å².